The number of urea groups is 1. The van der Waals surface area contributed by atoms with Gasteiger partial charge >= 0.3 is 12.0 Å². The number of aryl methyl sites for hydroxylation is 1. The van der Waals surface area contributed by atoms with Gasteiger partial charge in [-0.05, 0) is 54.3 Å². The Morgan fingerprint density at radius 3 is 2.52 bits per heavy atom. The van der Waals surface area contributed by atoms with Gasteiger partial charge in [0.05, 0.1) is 6.61 Å². The van der Waals surface area contributed by atoms with E-state index in [0.29, 0.717) is 13.0 Å². The lowest BCUT2D eigenvalue weighted by molar-refractivity contribution is -0.136. The van der Waals surface area contributed by atoms with Gasteiger partial charge in [0.2, 0.25) is 0 Å². The highest BCUT2D eigenvalue weighted by Crippen LogP contribution is 2.34. The molecule has 0 aliphatic carbocycles. The summed E-state index contributed by atoms with van der Waals surface area (Å²) >= 11 is 0. The highest BCUT2D eigenvalue weighted by atomic mass is 16.5. The lowest BCUT2D eigenvalue weighted by Gasteiger charge is -2.20. The molecular weight excluding hydrogens is 416 g/mol. The number of benzene rings is 3. The van der Waals surface area contributed by atoms with E-state index < -0.39 is 5.97 Å². The van der Waals surface area contributed by atoms with Gasteiger partial charge < -0.3 is 15.2 Å². The lowest BCUT2D eigenvalue weighted by atomic mass is 10.00. The third kappa shape index (κ3) is 6.84. The van der Waals surface area contributed by atoms with Gasteiger partial charge in [-0.2, -0.15) is 0 Å². The van der Waals surface area contributed by atoms with Crippen LogP contribution in [0.25, 0.3) is 11.1 Å². The van der Waals surface area contributed by atoms with Crippen molar-refractivity contribution >= 4 is 23.4 Å². The average molecular weight is 447 g/mol. The van der Waals surface area contributed by atoms with E-state index in [-0.39, 0.29) is 12.5 Å². The van der Waals surface area contributed by atoms with Crippen LogP contribution in [-0.2, 0) is 11.2 Å². The number of carboxylic acids is 1. The van der Waals surface area contributed by atoms with E-state index in [2.05, 4.69) is 12.2 Å². The summed E-state index contributed by atoms with van der Waals surface area (Å²) in [5.74, 6) is -0.100. The molecule has 0 atom stereocenters. The van der Waals surface area contributed by atoms with Crippen molar-refractivity contribution in [2.45, 2.75) is 32.6 Å². The molecule has 6 heteroatoms. The maximum Gasteiger partial charge on any atom is 0.326 e. The van der Waals surface area contributed by atoms with Crippen LogP contribution in [0.4, 0.5) is 16.2 Å². The van der Waals surface area contributed by atoms with Gasteiger partial charge in [-0.3, -0.25) is 9.69 Å². The largest absolute Gasteiger partial charge is 0.493 e. The molecule has 0 saturated carbocycles. The summed E-state index contributed by atoms with van der Waals surface area (Å²) < 4.78 is 6.07. The van der Waals surface area contributed by atoms with E-state index in [1.165, 1.54) is 0 Å². The van der Waals surface area contributed by atoms with Crippen LogP contribution < -0.4 is 15.0 Å². The molecule has 0 saturated heterocycles. The summed E-state index contributed by atoms with van der Waals surface area (Å²) in [6.45, 7) is 2.69. The molecule has 6 nitrogen and oxygen atoms in total. The fourth-order valence-corrected chi connectivity index (χ4v) is 3.39. The van der Waals surface area contributed by atoms with Gasteiger partial charge in [0.25, 0.3) is 0 Å². The molecule has 0 unspecified atom stereocenters. The van der Waals surface area contributed by atoms with E-state index in [1.54, 1.807) is 11.9 Å². The number of hydrogen-bond donors (Lipinski definition) is 2. The first kappa shape index (κ1) is 23.9. The first-order chi connectivity index (χ1) is 16.0. The number of carbonyl (C=O) groups is 2. The van der Waals surface area contributed by atoms with E-state index in [9.17, 15) is 9.59 Å². The van der Waals surface area contributed by atoms with E-state index in [4.69, 9.17) is 9.84 Å². The quantitative estimate of drug-likeness (QED) is 0.363. The monoisotopic (exact) mass is 446 g/mol. The van der Waals surface area contributed by atoms with Crippen LogP contribution in [-0.4, -0.2) is 30.8 Å². The molecule has 0 aromatic heterocycles. The van der Waals surface area contributed by atoms with Crippen LogP contribution in [0.15, 0.2) is 72.8 Å². The molecule has 2 amide bonds. The van der Waals surface area contributed by atoms with Crippen LogP contribution in [0.1, 0.15) is 31.7 Å². The standard InChI is InChI=1S/C27H30N2O4/c1-3-4-17-33-25-18-20(14-16-26(30)31)13-15-24(25)21-9-8-12-23(19-21)29(2)27(32)28-22-10-6-5-7-11-22/h5-13,15,18-19H,3-4,14,16-17H2,1-2H3,(H,28,32)(H,30,31). The van der Waals surface area contributed by atoms with Crippen molar-refractivity contribution in [3.8, 4) is 16.9 Å². The Kier molecular flexibility index (Phi) is 8.47. The maximum absolute atomic E-state index is 12.7. The molecule has 172 valence electrons. The zero-order valence-corrected chi connectivity index (χ0v) is 19.1. The fraction of sp³-hybridized carbons (Fsp3) is 0.259. The second kappa shape index (κ2) is 11.7. The topological polar surface area (TPSA) is 78.9 Å². The second-order valence-corrected chi connectivity index (χ2v) is 7.83. The number of unbranched alkanes of at least 4 members (excludes halogenated alkanes) is 1. The van der Waals surface area contributed by atoms with Crippen molar-refractivity contribution in [3.05, 3.63) is 78.4 Å². The minimum Gasteiger partial charge on any atom is -0.493 e. The highest BCUT2D eigenvalue weighted by molar-refractivity contribution is 6.01. The molecule has 3 aromatic carbocycles. The molecule has 0 bridgehead atoms. The van der Waals surface area contributed by atoms with Crippen LogP contribution in [0.5, 0.6) is 5.75 Å². The van der Waals surface area contributed by atoms with E-state index in [0.717, 1.165) is 46.7 Å². The minimum absolute atomic E-state index is 0.0740. The molecule has 0 radical (unpaired) electrons. The third-order valence-corrected chi connectivity index (χ3v) is 5.30. The summed E-state index contributed by atoms with van der Waals surface area (Å²) in [6, 6.07) is 22.6. The van der Waals surface area contributed by atoms with Gasteiger partial charge in [-0.15, -0.1) is 0 Å². The predicted molar refractivity (Wildman–Crippen MR) is 132 cm³/mol. The number of nitrogens with one attached hydrogen (secondary N) is 1. The van der Waals surface area contributed by atoms with Crippen LogP contribution >= 0.6 is 0 Å². The molecule has 2 N–H and O–H groups in total. The van der Waals surface area contributed by atoms with Gasteiger partial charge in [0.15, 0.2) is 0 Å². The number of para-hydroxylation sites is 1. The molecule has 3 aromatic rings. The van der Waals surface area contributed by atoms with Crippen LogP contribution in [0.2, 0.25) is 0 Å². The average Bonchev–Trinajstić information content (AvgIpc) is 2.83. The number of hydrogen-bond acceptors (Lipinski definition) is 3. The van der Waals surface area contributed by atoms with Crippen molar-refractivity contribution in [2.24, 2.45) is 0 Å². The summed E-state index contributed by atoms with van der Waals surface area (Å²) in [7, 11) is 1.73. The first-order valence-corrected chi connectivity index (χ1v) is 11.2. The Morgan fingerprint density at radius 2 is 1.79 bits per heavy atom. The van der Waals surface area contributed by atoms with Gasteiger partial charge in [-0.1, -0.05) is 55.8 Å². The molecule has 3 rings (SSSR count). The third-order valence-electron chi connectivity index (χ3n) is 5.30. The van der Waals surface area contributed by atoms with Crippen molar-refractivity contribution in [3.63, 3.8) is 0 Å². The minimum atomic E-state index is -0.822. The SMILES string of the molecule is CCCCOc1cc(CCC(=O)O)ccc1-c1cccc(N(C)C(=O)Nc2ccccc2)c1. The molecule has 0 aliphatic rings. The Bertz CT molecular complexity index is 1080. The highest BCUT2D eigenvalue weighted by Gasteiger charge is 2.14. The van der Waals surface area contributed by atoms with Crippen molar-refractivity contribution in [1.29, 1.82) is 0 Å². The smallest absolute Gasteiger partial charge is 0.326 e. The summed E-state index contributed by atoms with van der Waals surface area (Å²) in [5.41, 5.74) is 4.22. The van der Waals surface area contributed by atoms with Crippen molar-refractivity contribution < 1.29 is 19.4 Å². The molecular formula is C27H30N2O4. The number of rotatable bonds is 10. The first-order valence-electron chi connectivity index (χ1n) is 11.2. The van der Waals surface area contributed by atoms with Crippen LogP contribution in [0.3, 0.4) is 0 Å². The van der Waals surface area contributed by atoms with E-state index in [1.807, 2.05) is 72.8 Å². The number of carboxylic acid groups (broad SMARTS) is 1. The number of carbonyl (C=O) groups excluding carboxylic acids is 1. The number of anilines is 2. The Hall–Kier alpha value is -3.80. The summed E-state index contributed by atoms with van der Waals surface area (Å²) in [6.07, 6.45) is 2.47. The fourth-order valence-electron chi connectivity index (χ4n) is 3.39. The Morgan fingerprint density at radius 1 is 1.00 bits per heavy atom. The van der Waals surface area contributed by atoms with Crippen LogP contribution in [0, 0.1) is 0 Å². The summed E-state index contributed by atoms with van der Waals surface area (Å²) in [4.78, 5) is 25.2. The van der Waals surface area contributed by atoms with Gasteiger partial charge in [0.1, 0.15) is 5.75 Å². The Balaban J connectivity index is 1.84. The van der Waals surface area contributed by atoms with Crippen molar-refractivity contribution in [1.82, 2.24) is 0 Å². The zero-order valence-electron chi connectivity index (χ0n) is 19.1. The molecule has 0 fully saturated rings. The normalized spacial score (nSPS) is 10.5. The maximum atomic E-state index is 12.7. The lowest BCUT2D eigenvalue weighted by Crippen LogP contribution is -2.31. The summed E-state index contributed by atoms with van der Waals surface area (Å²) in [5, 5.41) is 11.9. The molecule has 0 aliphatic heterocycles. The Labute approximate surface area is 194 Å². The molecule has 0 heterocycles. The zero-order chi connectivity index (χ0) is 23.6. The number of amides is 2. The van der Waals surface area contributed by atoms with Gasteiger partial charge in [0, 0.05) is 30.4 Å². The number of aliphatic carboxylic acids is 1. The number of nitrogens with zero attached hydrogens (tertiary/aromatic N) is 1. The second-order valence-electron chi connectivity index (χ2n) is 7.83. The van der Waals surface area contributed by atoms with Gasteiger partial charge in [-0.25, -0.2) is 4.79 Å². The number of ether oxygens (including phenoxy) is 1. The van der Waals surface area contributed by atoms with E-state index >= 15 is 0 Å². The van der Waals surface area contributed by atoms with Crippen molar-refractivity contribution in [2.75, 3.05) is 23.9 Å². The molecule has 33 heavy (non-hydrogen) atoms. The predicted octanol–water partition coefficient (Wildman–Crippen LogP) is 6.22. The molecule has 0 spiro atoms.